The number of fused-ring (bicyclic) bond motifs is 7. The number of ether oxygens (including phenoxy) is 12. The van der Waals surface area contributed by atoms with Gasteiger partial charge in [0.1, 0.15) is 24.7 Å². The Morgan fingerprint density at radius 3 is 1.72 bits per heavy atom. The van der Waals surface area contributed by atoms with Gasteiger partial charge in [0.15, 0.2) is 35.2 Å². The topological polar surface area (TPSA) is 315 Å². The van der Waals surface area contributed by atoms with Gasteiger partial charge in [-0.3, -0.25) is 44.1 Å². The molecule has 3 N–H and O–H groups in total. The summed E-state index contributed by atoms with van der Waals surface area (Å²) in [6.45, 7) is 4.96. The van der Waals surface area contributed by atoms with Crippen molar-refractivity contribution in [1.82, 2.24) is 15.1 Å². The molecule has 0 aromatic heterocycles. The zero-order valence-electron chi connectivity index (χ0n) is 59.5. The number of hydrogen-bond donors (Lipinski definition) is 3. The van der Waals surface area contributed by atoms with E-state index < -0.39 is 72.7 Å². The van der Waals surface area contributed by atoms with Crippen LogP contribution < -0.4 is 44.4 Å². The Hall–Kier alpha value is -12.5. The maximum absolute atomic E-state index is 14.4. The molecule has 27 heteroatoms. The van der Waals surface area contributed by atoms with Gasteiger partial charge in [0.2, 0.25) is 18.3 Å². The Bertz CT molecular complexity index is 4720. The molecule has 27 nitrogen and oxygen atoms in total. The number of carbonyl (C=O) groups excluding carboxylic acids is 8. The Balaban J connectivity index is 0.626. The number of nitrogens with zero attached hydrogens (tertiary/aromatic N) is 4. The minimum absolute atomic E-state index is 0.0309. The van der Waals surface area contributed by atoms with Gasteiger partial charge in [0, 0.05) is 102 Å². The van der Waals surface area contributed by atoms with Crippen LogP contribution in [-0.4, -0.2) is 161 Å². The lowest BCUT2D eigenvalue weighted by Gasteiger charge is -2.43. The fraction of sp³-hybridized carbons (Fsp3) is 0.300. The Morgan fingerprint density at radius 2 is 1.13 bits per heavy atom. The molecule has 0 saturated carbocycles. The zero-order valence-corrected chi connectivity index (χ0v) is 59.5. The zero-order chi connectivity index (χ0) is 75.0. The quantitative estimate of drug-likeness (QED) is 0.0272. The minimum atomic E-state index is -1.52. The molecule has 0 unspecified atom stereocenters. The highest BCUT2D eigenvalue weighted by atomic mass is 16.7. The number of benzene rings is 7. The summed E-state index contributed by atoms with van der Waals surface area (Å²) in [5, 5.41) is 8.20. The molecular weight excluding hydrogens is 1380 g/mol. The first-order chi connectivity index (χ1) is 51.8. The van der Waals surface area contributed by atoms with E-state index in [4.69, 9.17) is 66.8 Å². The van der Waals surface area contributed by atoms with E-state index >= 15 is 0 Å². The van der Waals surface area contributed by atoms with Crippen molar-refractivity contribution in [1.29, 1.82) is 0 Å². The summed E-state index contributed by atoms with van der Waals surface area (Å²) in [5.74, 6) is -1.42. The summed E-state index contributed by atoms with van der Waals surface area (Å²) in [5.41, 5.74) is 10.0. The SMILES string of the molecule is COc1ccc(C2=CN3C(=O)c4cc(OC)c(OCCCOc5cc6c(cc5OC)C(=O)N5C=C(c7cccc(NC(=O)OCc8ccc(O[C@@H]9O[C@H](C)[C@@H](OC(C)=O)[C@H](OC(C)=O)[C@H]9OC(C)=O)c(NC(=O)CCNC(=O)OCC9c%10ccccc%10-c%10ccccc%109)c8)c7)C[C@H]5C=N6)cc4N=C[C@@H]3C2)cc1. The van der Waals surface area contributed by atoms with Crippen LogP contribution >= 0.6 is 0 Å². The third-order valence-electron chi connectivity index (χ3n) is 18.7. The number of methoxy groups -OCH3 is 3. The van der Waals surface area contributed by atoms with Crippen molar-refractivity contribution in [3.05, 3.63) is 191 Å². The van der Waals surface area contributed by atoms with Gasteiger partial charge < -0.3 is 77.3 Å². The van der Waals surface area contributed by atoms with Crippen molar-refractivity contribution >= 4 is 94.1 Å². The number of rotatable bonds is 25. The maximum atomic E-state index is 14.4. The number of carbonyl (C=O) groups is 8. The first-order valence-corrected chi connectivity index (χ1v) is 34.7. The van der Waals surface area contributed by atoms with E-state index in [9.17, 15) is 38.4 Å². The molecule has 1 aliphatic carbocycles. The van der Waals surface area contributed by atoms with Crippen molar-refractivity contribution in [3.8, 4) is 45.6 Å². The highest BCUT2D eigenvalue weighted by molar-refractivity contribution is 6.07. The monoisotopic (exact) mass is 1460 g/mol. The number of alkyl carbamates (subject to hydrolysis) is 1. The summed E-state index contributed by atoms with van der Waals surface area (Å²) >= 11 is 0. The normalized spacial score (nSPS) is 19.3. The molecule has 107 heavy (non-hydrogen) atoms. The predicted octanol–water partition coefficient (Wildman–Crippen LogP) is 12.0. The number of amides is 5. The van der Waals surface area contributed by atoms with Gasteiger partial charge in [-0.2, -0.15) is 0 Å². The second kappa shape index (κ2) is 32.2. The molecule has 7 aromatic rings. The number of esters is 3. The van der Waals surface area contributed by atoms with Crippen LogP contribution in [0.5, 0.6) is 34.5 Å². The van der Waals surface area contributed by atoms with Crippen LogP contribution in [0.4, 0.5) is 32.3 Å². The van der Waals surface area contributed by atoms with Crippen LogP contribution in [0.15, 0.2) is 162 Å². The standard InChI is InChI=1S/C80H77N7O20/c1-44-73(104-45(2)88)74(105-46(3)89)75(106-47(4)90)78(103-44)107-67-25-20-48(30-66(67)85-72(91)26-27-81-79(94)102-43-63-59-18-10-8-16-57(59)58-17-9-11-19-60(58)63)42-101-80(95)84-53-15-12-14-50(31-53)52-33-55-39-83-65-37-71(69(98-7)35-62(65)77(93)87(55)41-52)100-29-13-28-99-70-36-64-61(34-68(70)97-6)76(92)86-40-51(32-54(86)38-82-64)49-21-23-56(96-5)24-22-49/h8-12,14-25,30-31,34-41,44,54-55,63,73-75,78H,13,26-29,32-33,42-43H2,1-7H3,(H,81,94)(H,84,95)(H,85,91)/t44-,54+,55+,73-,74+,75-,78+/m1/s1. The molecule has 0 radical (unpaired) electrons. The van der Waals surface area contributed by atoms with Crippen molar-refractivity contribution < 1.29 is 95.2 Å². The Labute approximate surface area is 615 Å². The molecule has 13 rings (SSSR count). The fourth-order valence-electron chi connectivity index (χ4n) is 13.7. The smallest absolute Gasteiger partial charge is 0.411 e. The lowest BCUT2D eigenvalue weighted by molar-refractivity contribution is -0.280. The summed E-state index contributed by atoms with van der Waals surface area (Å²) in [6.07, 6.45) is 0.110. The van der Waals surface area contributed by atoms with Gasteiger partial charge in [-0.1, -0.05) is 78.9 Å². The number of hydrogen-bond acceptors (Lipinski definition) is 22. The van der Waals surface area contributed by atoms with Crippen LogP contribution in [0.3, 0.4) is 0 Å². The average molecular weight is 1460 g/mol. The molecule has 0 bridgehead atoms. The van der Waals surface area contributed by atoms with E-state index in [1.165, 1.54) is 26.4 Å². The van der Waals surface area contributed by atoms with Crippen LogP contribution in [0.25, 0.3) is 22.3 Å². The minimum Gasteiger partial charge on any atom is -0.497 e. The van der Waals surface area contributed by atoms with Crippen molar-refractivity contribution in [2.24, 2.45) is 9.98 Å². The Kier molecular flexibility index (Phi) is 21.9. The van der Waals surface area contributed by atoms with Crippen LogP contribution in [0.2, 0.25) is 0 Å². The molecule has 1 saturated heterocycles. The fourth-order valence-corrected chi connectivity index (χ4v) is 13.7. The van der Waals surface area contributed by atoms with Crippen LogP contribution in [0, 0.1) is 0 Å². The highest BCUT2D eigenvalue weighted by Crippen LogP contribution is 2.46. The largest absolute Gasteiger partial charge is 0.497 e. The van der Waals surface area contributed by atoms with E-state index in [1.807, 2.05) is 85.1 Å². The molecule has 5 aliphatic heterocycles. The van der Waals surface area contributed by atoms with Crippen molar-refractivity contribution in [2.75, 3.05) is 58.3 Å². The van der Waals surface area contributed by atoms with Gasteiger partial charge >= 0.3 is 30.1 Å². The molecule has 6 aliphatic rings. The predicted molar refractivity (Wildman–Crippen MR) is 391 cm³/mol. The molecule has 5 heterocycles. The second-order valence-corrected chi connectivity index (χ2v) is 25.9. The third-order valence-corrected chi connectivity index (χ3v) is 18.7. The third kappa shape index (κ3) is 16.4. The van der Waals surface area contributed by atoms with E-state index in [-0.39, 0.29) is 74.6 Å². The van der Waals surface area contributed by atoms with Crippen LogP contribution in [0.1, 0.15) is 108 Å². The van der Waals surface area contributed by atoms with Gasteiger partial charge in [0.25, 0.3) is 11.8 Å². The average Bonchev–Trinajstić information content (AvgIpc) is 1.67. The van der Waals surface area contributed by atoms with E-state index in [0.717, 1.165) is 65.5 Å². The van der Waals surface area contributed by atoms with Gasteiger partial charge in [0.05, 0.1) is 80.9 Å². The molecule has 0 spiro atoms. The van der Waals surface area contributed by atoms with Crippen LogP contribution in [-0.2, 0) is 54.2 Å². The van der Waals surface area contributed by atoms with E-state index in [0.29, 0.717) is 81.6 Å². The first kappa shape index (κ1) is 72.8. The highest BCUT2D eigenvalue weighted by Gasteiger charge is 2.52. The number of aliphatic imine (C=N–C) groups is 2. The number of anilines is 2. The maximum Gasteiger partial charge on any atom is 0.411 e. The number of nitrogens with one attached hydrogen (secondary N) is 3. The summed E-state index contributed by atoms with van der Waals surface area (Å²) in [4.78, 5) is 119. The summed E-state index contributed by atoms with van der Waals surface area (Å²) in [6, 6.07) is 41.0. The van der Waals surface area contributed by atoms with E-state index in [1.54, 1.807) is 91.0 Å². The van der Waals surface area contributed by atoms with Crippen molar-refractivity contribution in [2.45, 2.75) is 109 Å². The van der Waals surface area contributed by atoms with Crippen molar-refractivity contribution in [3.63, 3.8) is 0 Å². The molecule has 552 valence electrons. The molecule has 5 amide bonds. The molecule has 1 fully saturated rings. The molecule has 7 aromatic carbocycles. The lowest BCUT2D eigenvalue weighted by Crippen LogP contribution is -2.62. The first-order valence-electron chi connectivity index (χ1n) is 34.7. The van der Waals surface area contributed by atoms with Gasteiger partial charge in [-0.25, -0.2) is 9.59 Å². The Morgan fingerprint density at radius 1 is 0.551 bits per heavy atom. The van der Waals surface area contributed by atoms with Gasteiger partial charge in [-0.15, -0.1) is 0 Å². The van der Waals surface area contributed by atoms with Gasteiger partial charge in [-0.05, 0) is 106 Å². The molecule has 7 atom stereocenters. The van der Waals surface area contributed by atoms with E-state index in [2.05, 4.69) is 16.0 Å². The summed E-state index contributed by atoms with van der Waals surface area (Å²) in [7, 11) is 4.61. The molecular formula is C80H77N7O20. The lowest BCUT2D eigenvalue weighted by atomic mass is 9.98. The second-order valence-electron chi connectivity index (χ2n) is 25.9. The summed E-state index contributed by atoms with van der Waals surface area (Å²) < 4.78 is 69.6.